The highest BCUT2D eigenvalue weighted by molar-refractivity contribution is 9.12. The molecule has 5 heteroatoms. The van der Waals surface area contributed by atoms with Crippen LogP contribution in [-0.4, -0.2) is 30.5 Å². The van der Waals surface area contributed by atoms with E-state index in [1.165, 1.54) is 0 Å². The number of aliphatic imine (C=N–C) groups is 1. The van der Waals surface area contributed by atoms with E-state index in [1.807, 2.05) is 25.1 Å². The van der Waals surface area contributed by atoms with Gasteiger partial charge in [0.15, 0.2) is 0 Å². The number of allylic oxidation sites excluding steroid dienone is 1. The molecule has 2 rings (SSSR count). The standard InChI is InChI=1S/C13H16BrN3O/c1-9-3-2-4-12(17-9)13(15)11(14)7-16-10-5-6-18-8-10/h2-4,7,10H,5-6,8,15H2,1H3. The highest BCUT2D eigenvalue weighted by atomic mass is 79.9. The van der Waals surface area contributed by atoms with Crippen molar-refractivity contribution in [3.8, 4) is 0 Å². The van der Waals surface area contributed by atoms with Gasteiger partial charge in [0.05, 0.1) is 28.5 Å². The van der Waals surface area contributed by atoms with Gasteiger partial charge in [-0.25, -0.2) is 0 Å². The smallest absolute Gasteiger partial charge is 0.0874 e. The number of rotatable bonds is 3. The molecule has 0 saturated carbocycles. The van der Waals surface area contributed by atoms with E-state index in [0.717, 1.165) is 28.9 Å². The number of pyridine rings is 1. The average molecular weight is 310 g/mol. The molecule has 2 heterocycles. The van der Waals surface area contributed by atoms with Crippen LogP contribution in [0.2, 0.25) is 0 Å². The van der Waals surface area contributed by atoms with E-state index in [1.54, 1.807) is 6.21 Å². The number of hydrogen-bond donors (Lipinski definition) is 1. The maximum Gasteiger partial charge on any atom is 0.0874 e. The summed E-state index contributed by atoms with van der Waals surface area (Å²) in [5.41, 5.74) is 8.34. The summed E-state index contributed by atoms with van der Waals surface area (Å²) >= 11 is 3.44. The number of aromatic nitrogens is 1. The van der Waals surface area contributed by atoms with E-state index in [0.29, 0.717) is 12.3 Å². The minimum absolute atomic E-state index is 0.246. The van der Waals surface area contributed by atoms with Crippen LogP contribution in [0, 0.1) is 6.92 Å². The molecule has 96 valence electrons. The van der Waals surface area contributed by atoms with E-state index in [9.17, 15) is 0 Å². The average Bonchev–Trinajstić information content (AvgIpc) is 2.88. The van der Waals surface area contributed by atoms with Crippen molar-refractivity contribution in [1.82, 2.24) is 4.98 Å². The SMILES string of the molecule is Cc1cccc(C(N)=C(Br)C=NC2CCOC2)n1. The van der Waals surface area contributed by atoms with Crippen LogP contribution in [-0.2, 0) is 4.74 Å². The first-order valence-electron chi connectivity index (χ1n) is 5.87. The van der Waals surface area contributed by atoms with E-state index < -0.39 is 0 Å². The lowest BCUT2D eigenvalue weighted by atomic mass is 10.2. The third-order valence-corrected chi connectivity index (χ3v) is 3.36. The monoisotopic (exact) mass is 309 g/mol. The first kappa shape index (κ1) is 13.2. The van der Waals surface area contributed by atoms with Crippen LogP contribution < -0.4 is 5.73 Å². The molecule has 0 aliphatic carbocycles. The van der Waals surface area contributed by atoms with Gasteiger partial charge in [-0.15, -0.1) is 0 Å². The van der Waals surface area contributed by atoms with Gasteiger partial charge in [-0.05, 0) is 41.4 Å². The van der Waals surface area contributed by atoms with Crippen LogP contribution in [0.15, 0.2) is 27.7 Å². The van der Waals surface area contributed by atoms with Crippen molar-refractivity contribution < 1.29 is 4.74 Å². The molecule has 0 bridgehead atoms. The largest absolute Gasteiger partial charge is 0.396 e. The summed E-state index contributed by atoms with van der Waals surface area (Å²) in [7, 11) is 0. The fourth-order valence-electron chi connectivity index (χ4n) is 1.70. The Kier molecular flexibility index (Phi) is 4.49. The predicted octanol–water partition coefficient (Wildman–Crippen LogP) is 2.27. The molecule has 1 aromatic heterocycles. The summed E-state index contributed by atoms with van der Waals surface area (Å²) < 4.78 is 6.02. The van der Waals surface area contributed by atoms with Gasteiger partial charge < -0.3 is 10.5 Å². The molecule has 1 aromatic rings. The second kappa shape index (κ2) is 6.11. The Bertz CT molecular complexity index is 479. The van der Waals surface area contributed by atoms with Crippen LogP contribution in [0.25, 0.3) is 5.70 Å². The molecule has 0 spiro atoms. The Morgan fingerprint density at radius 3 is 3.11 bits per heavy atom. The molecule has 4 nitrogen and oxygen atoms in total. The predicted molar refractivity (Wildman–Crippen MR) is 76.7 cm³/mol. The number of nitrogens with zero attached hydrogens (tertiary/aromatic N) is 2. The lowest BCUT2D eigenvalue weighted by molar-refractivity contribution is 0.194. The third-order valence-electron chi connectivity index (χ3n) is 2.73. The van der Waals surface area contributed by atoms with Crippen LogP contribution in [0.4, 0.5) is 0 Å². The Balaban J connectivity index is 2.13. The van der Waals surface area contributed by atoms with Gasteiger partial charge in [0.25, 0.3) is 0 Å². The Morgan fingerprint density at radius 2 is 2.44 bits per heavy atom. The van der Waals surface area contributed by atoms with Crippen molar-refractivity contribution in [3.05, 3.63) is 34.1 Å². The lowest BCUT2D eigenvalue weighted by Crippen LogP contribution is -2.05. The number of halogens is 1. The summed E-state index contributed by atoms with van der Waals surface area (Å²) in [5.74, 6) is 0. The summed E-state index contributed by atoms with van der Waals surface area (Å²) in [4.78, 5) is 8.80. The van der Waals surface area contributed by atoms with E-state index in [4.69, 9.17) is 10.5 Å². The van der Waals surface area contributed by atoms with Crippen LogP contribution in [0.3, 0.4) is 0 Å². The van der Waals surface area contributed by atoms with Gasteiger partial charge in [0.1, 0.15) is 0 Å². The quantitative estimate of drug-likeness (QED) is 0.871. The van der Waals surface area contributed by atoms with Crippen molar-refractivity contribution in [1.29, 1.82) is 0 Å². The summed E-state index contributed by atoms with van der Waals surface area (Å²) in [6.45, 7) is 3.42. The topological polar surface area (TPSA) is 60.5 Å². The van der Waals surface area contributed by atoms with E-state index in [2.05, 4.69) is 25.9 Å². The van der Waals surface area contributed by atoms with Crippen LogP contribution in [0.1, 0.15) is 17.8 Å². The molecule has 1 aliphatic rings. The van der Waals surface area contributed by atoms with Crippen LogP contribution >= 0.6 is 15.9 Å². The maximum absolute atomic E-state index is 6.04. The summed E-state index contributed by atoms with van der Waals surface area (Å²) in [6.07, 6.45) is 2.72. The molecular formula is C13H16BrN3O. The van der Waals surface area contributed by atoms with E-state index in [-0.39, 0.29) is 6.04 Å². The molecular weight excluding hydrogens is 294 g/mol. The summed E-state index contributed by atoms with van der Waals surface area (Å²) in [6, 6.07) is 6.01. The zero-order valence-corrected chi connectivity index (χ0v) is 11.9. The van der Waals surface area contributed by atoms with Crippen LogP contribution in [0.5, 0.6) is 0 Å². The zero-order valence-electron chi connectivity index (χ0n) is 10.3. The third kappa shape index (κ3) is 3.40. The first-order chi connectivity index (χ1) is 8.66. The highest BCUT2D eigenvalue weighted by Gasteiger charge is 2.13. The fraction of sp³-hybridized carbons (Fsp3) is 0.385. The summed E-state index contributed by atoms with van der Waals surface area (Å²) in [5, 5.41) is 0. The molecule has 2 N–H and O–H groups in total. The maximum atomic E-state index is 6.04. The molecule has 0 radical (unpaired) electrons. The number of hydrogen-bond acceptors (Lipinski definition) is 4. The van der Waals surface area contributed by atoms with Crippen molar-refractivity contribution in [2.45, 2.75) is 19.4 Å². The van der Waals surface area contributed by atoms with Gasteiger partial charge >= 0.3 is 0 Å². The molecule has 1 aliphatic heterocycles. The van der Waals surface area contributed by atoms with Gasteiger partial charge in [-0.1, -0.05) is 6.07 Å². The molecule has 0 aromatic carbocycles. The second-order valence-corrected chi connectivity index (χ2v) is 5.08. The Hall–Kier alpha value is -1.20. The normalized spacial score (nSPS) is 21.3. The molecule has 1 saturated heterocycles. The van der Waals surface area contributed by atoms with Crippen molar-refractivity contribution in [2.75, 3.05) is 13.2 Å². The molecule has 1 fully saturated rings. The Morgan fingerprint density at radius 1 is 1.61 bits per heavy atom. The van der Waals surface area contributed by atoms with Crippen molar-refractivity contribution >= 4 is 27.8 Å². The Labute approximate surface area is 115 Å². The number of nitrogens with two attached hydrogens (primary N) is 1. The van der Waals surface area contributed by atoms with Crippen molar-refractivity contribution in [2.24, 2.45) is 10.7 Å². The molecule has 18 heavy (non-hydrogen) atoms. The number of aryl methyl sites for hydroxylation is 1. The minimum Gasteiger partial charge on any atom is -0.396 e. The van der Waals surface area contributed by atoms with Crippen molar-refractivity contribution in [3.63, 3.8) is 0 Å². The fourth-order valence-corrected chi connectivity index (χ4v) is 2.02. The molecule has 0 amide bonds. The van der Waals surface area contributed by atoms with Gasteiger partial charge in [-0.3, -0.25) is 9.98 Å². The van der Waals surface area contributed by atoms with E-state index >= 15 is 0 Å². The molecule has 1 unspecified atom stereocenters. The zero-order chi connectivity index (χ0) is 13.0. The minimum atomic E-state index is 0.246. The lowest BCUT2D eigenvalue weighted by Gasteiger charge is -2.04. The van der Waals surface area contributed by atoms with Gasteiger partial charge in [0.2, 0.25) is 0 Å². The number of ether oxygens (including phenoxy) is 1. The highest BCUT2D eigenvalue weighted by Crippen LogP contribution is 2.16. The van der Waals surface area contributed by atoms with Gasteiger partial charge in [0, 0.05) is 18.5 Å². The first-order valence-corrected chi connectivity index (χ1v) is 6.66. The second-order valence-electron chi connectivity index (χ2n) is 4.22. The van der Waals surface area contributed by atoms with Gasteiger partial charge in [-0.2, -0.15) is 0 Å². The molecule has 1 atom stereocenters.